The zero-order chi connectivity index (χ0) is 4.99. The van der Waals surface area contributed by atoms with Crippen LogP contribution in [0.15, 0.2) is 12.7 Å². The minimum absolute atomic E-state index is 0.727. The molecule has 0 aromatic heterocycles. The molecule has 1 heteroatoms. The van der Waals surface area contributed by atoms with E-state index in [4.69, 9.17) is 0 Å². The molecule has 0 aliphatic heterocycles. The van der Waals surface area contributed by atoms with E-state index in [0.29, 0.717) is 0 Å². The maximum atomic E-state index is 3.64. The minimum Gasteiger partial charge on any atom is -0.103 e. The summed E-state index contributed by atoms with van der Waals surface area (Å²) in [5.41, 5.74) is 0.727. The van der Waals surface area contributed by atoms with E-state index in [1.807, 2.05) is 6.08 Å². The van der Waals surface area contributed by atoms with Gasteiger partial charge in [0.05, 0.1) is 0 Å². The molecule has 0 bridgehead atoms. The Morgan fingerprint density at radius 2 is 2.33 bits per heavy atom. The highest BCUT2D eigenvalue weighted by Gasteiger charge is 1.86. The third kappa shape index (κ3) is 2.21. The van der Waals surface area contributed by atoms with Crippen molar-refractivity contribution in [3.05, 3.63) is 12.7 Å². The van der Waals surface area contributed by atoms with Gasteiger partial charge < -0.3 is 0 Å². The minimum atomic E-state index is 0.727. The van der Waals surface area contributed by atoms with E-state index in [0.717, 1.165) is 15.1 Å². The van der Waals surface area contributed by atoms with Crippen molar-refractivity contribution in [2.24, 2.45) is 0 Å². The van der Waals surface area contributed by atoms with Crippen molar-refractivity contribution >= 4 is 9.52 Å². The van der Waals surface area contributed by atoms with Crippen LogP contribution < -0.4 is 0 Å². The van der Waals surface area contributed by atoms with Gasteiger partial charge in [0.25, 0.3) is 0 Å². The van der Waals surface area contributed by atoms with Crippen LogP contribution in [0.5, 0.6) is 0 Å². The Hall–Kier alpha value is -0.0431. The summed E-state index contributed by atoms with van der Waals surface area (Å²) in [5, 5.41) is 0. The molecular weight excluding hydrogens is 88.1 g/mol. The van der Waals surface area contributed by atoms with Crippen molar-refractivity contribution < 1.29 is 0 Å². The predicted octanol–water partition coefficient (Wildman–Crippen LogP) is 1.73. The van der Waals surface area contributed by atoms with Crippen LogP contribution in [0.3, 0.4) is 0 Å². The summed E-state index contributed by atoms with van der Waals surface area (Å²) in [6, 6.07) is 0. The highest BCUT2D eigenvalue weighted by molar-refractivity contribution is 6.36. The van der Waals surface area contributed by atoms with Gasteiger partial charge in [-0.15, -0.1) is 6.58 Å². The summed E-state index contributed by atoms with van der Waals surface area (Å²) in [6.45, 7) is 8.00. The van der Waals surface area contributed by atoms with E-state index in [1.54, 1.807) is 0 Å². The Morgan fingerprint density at radius 1 is 1.83 bits per heavy atom. The molecule has 1 unspecified atom stereocenters. The molecule has 0 nitrogen and oxygen atoms in total. The predicted molar refractivity (Wildman–Crippen MR) is 31.2 cm³/mol. The smallest absolute Gasteiger partial charge is 0.0426 e. The van der Waals surface area contributed by atoms with Crippen LogP contribution in [0.2, 0.25) is 12.1 Å². The van der Waals surface area contributed by atoms with Crippen LogP contribution in [0.25, 0.3) is 0 Å². The highest BCUT2D eigenvalue weighted by Crippen LogP contribution is 1.97. The van der Waals surface area contributed by atoms with Crippen LogP contribution in [-0.4, -0.2) is 9.52 Å². The van der Waals surface area contributed by atoms with Crippen molar-refractivity contribution in [2.45, 2.75) is 19.0 Å². The zero-order valence-corrected chi connectivity index (χ0v) is 5.36. The Kier molecular flexibility index (Phi) is 3.14. The molecular formula is C5H10Si. The van der Waals surface area contributed by atoms with Crippen LogP contribution in [0.1, 0.15) is 6.92 Å². The van der Waals surface area contributed by atoms with Gasteiger partial charge in [-0.3, -0.25) is 0 Å². The lowest BCUT2D eigenvalue weighted by Crippen LogP contribution is -1.86. The van der Waals surface area contributed by atoms with Crippen LogP contribution in [-0.2, 0) is 0 Å². The fraction of sp³-hybridized carbons (Fsp3) is 0.600. The number of allylic oxidation sites excluding steroid dienone is 1. The molecule has 0 aliphatic carbocycles. The van der Waals surface area contributed by atoms with Crippen molar-refractivity contribution in [2.75, 3.05) is 0 Å². The lowest BCUT2D eigenvalue weighted by molar-refractivity contribution is 1.20. The summed E-state index contributed by atoms with van der Waals surface area (Å²) in [6.07, 6.45) is 1.98. The van der Waals surface area contributed by atoms with E-state index in [-0.39, 0.29) is 0 Å². The molecule has 0 spiro atoms. The molecule has 0 amide bonds. The number of hydrogen-bond acceptors (Lipinski definition) is 0. The Labute approximate surface area is 42.1 Å². The third-order valence-corrected chi connectivity index (χ3v) is 1.96. The normalized spacial score (nSPS) is 13.7. The van der Waals surface area contributed by atoms with E-state index < -0.39 is 0 Å². The molecule has 0 aromatic rings. The van der Waals surface area contributed by atoms with E-state index in [9.17, 15) is 0 Å². The second-order valence-corrected chi connectivity index (χ2v) is 2.80. The first-order chi connectivity index (χ1) is 2.81. The summed E-state index contributed by atoms with van der Waals surface area (Å²) in [7, 11) is 1.01. The molecule has 0 saturated carbocycles. The van der Waals surface area contributed by atoms with Crippen LogP contribution in [0.4, 0.5) is 0 Å². The average molecular weight is 98.2 g/mol. The summed E-state index contributed by atoms with van der Waals surface area (Å²) in [4.78, 5) is 0. The lowest BCUT2D eigenvalue weighted by Gasteiger charge is -1.92. The van der Waals surface area contributed by atoms with E-state index in [1.165, 1.54) is 0 Å². The fourth-order valence-electron chi connectivity index (χ4n) is 0.118. The fourth-order valence-corrected chi connectivity index (χ4v) is 0.354. The van der Waals surface area contributed by atoms with Gasteiger partial charge in [0.2, 0.25) is 0 Å². The van der Waals surface area contributed by atoms with Crippen molar-refractivity contribution in [1.29, 1.82) is 0 Å². The summed E-state index contributed by atoms with van der Waals surface area (Å²) >= 11 is 0. The molecule has 0 fully saturated rings. The molecule has 0 heterocycles. The molecule has 34 valence electrons. The zero-order valence-electron chi connectivity index (χ0n) is 4.36. The monoisotopic (exact) mass is 98.1 g/mol. The Morgan fingerprint density at radius 3 is 2.33 bits per heavy atom. The van der Waals surface area contributed by atoms with Crippen LogP contribution >= 0.6 is 0 Å². The molecule has 0 rings (SSSR count). The average Bonchev–Trinajstić information content (AvgIpc) is 1.65. The molecule has 0 saturated heterocycles. The quantitative estimate of drug-likeness (QED) is 0.364. The van der Waals surface area contributed by atoms with Crippen molar-refractivity contribution in [1.82, 2.24) is 0 Å². The standard InChI is InChI=1S/C5H10Si/c1-4-5(2)6-3/h4-5H,1H2,2-3H3. The van der Waals surface area contributed by atoms with Crippen molar-refractivity contribution in [3.8, 4) is 0 Å². The Bertz CT molecular complexity index is 41.2. The molecule has 0 aromatic carbocycles. The second-order valence-electron chi connectivity index (χ2n) is 1.31. The van der Waals surface area contributed by atoms with Crippen molar-refractivity contribution in [3.63, 3.8) is 0 Å². The topological polar surface area (TPSA) is 0 Å². The van der Waals surface area contributed by atoms with Gasteiger partial charge in [-0.05, 0) is 5.54 Å². The maximum Gasteiger partial charge on any atom is 0.0426 e. The largest absolute Gasteiger partial charge is 0.103 e. The first-order valence-corrected chi connectivity index (χ1v) is 3.68. The summed E-state index contributed by atoms with van der Waals surface area (Å²) < 4.78 is 0. The molecule has 6 heavy (non-hydrogen) atoms. The van der Waals surface area contributed by atoms with Gasteiger partial charge in [0.1, 0.15) is 0 Å². The van der Waals surface area contributed by atoms with Gasteiger partial charge in [0, 0.05) is 9.52 Å². The maximum absolute atomic E-state index is 3.64. The SMILES string of the molecule is C=CC(C)[Si]C. The second kappa shape index (κ2) is 3.16. The van der Waals surface area contributed by atoms with Crippen LogP contribution in [0, 0.1) is 0 Å². The highest BCUT2D eigenvalue weighted by atomic mass is 28.2. The Balaban J connectivity index is 2.96. The molecule has 0 aliphatic rings. The molecule has 2 radical (unpaired) electrons. The summed E-state index contributed by atoms with van der Waals surface area (Å²) in [5.74, 6) is 0. The van der Waals surface area contributed by atoms with Gasteiger partial charge >= 0.3 is 0 Å². The van der Waals surface area contributed by atoms with E-state index >= 15 is 0 Å². The van der Waals surface area contributed by atoms with Gasteiger partial charge in [-0.25, -0.2) is 0 Å². The number of rotatable bonds is 2. The third-order valence-electron chi connectivity index (χ3n) is 0.809. The van der Waals surface area contributed by atoms with E-state index in [2.05, 4.69) is 20.0 Å². The van der Waals surface area contributed by atoms with Gasteiger partial charge in [0.15, 0.2) is 0 Å². The van der Waals surface area contributed by atoms with Gasteiger partial charge in [-0.2, -0.15) is 0 Å². The first-order valence-electron chi connectivity index (χ1n) is 2.11. The van der Waals surface area contributed by atoms with Gasteiger partial charge in [-0.1, -0.05) is 19.5 Å². The molecule has 0 N–H and O–H groups in total. The lowest BCUT2D eigenvalue weighted by atomic mass is 10.5. The first kappa shape index (κ1) is 5.96. The number of hydrogen-bond donors (Lipinski definition) is 0. The molecule has 1 atom stereocenters.